The summed E-state index contributed by atoms with van der Waals surface area (Å²) in [6.07, 6.45) is 5.63. The van der Waals surface area contributed by atoms with Crippen molar-refractivity contribution < 1.29 is 14.3 Å². The van der Waals surface area contributed by atoms with E-state index in [4.69, 9.17) is 9.47 Å². The molecule has 0 saturated carbocycles. The van der Waals surface area contributed by atoms with Crippen LogP contribution in [0.15, 0.2) is 24.5 Å². The quantitative estimate of drug-likeness (QED) is 0.773. The van der Waals surface area contributed by atoms with E-state index in [0.717, 1.165) is 44.7 Å². The average Bonchev–Trinajstić information content (AvgIpc) is 2.87. The van der Waals surface area contributed by atoms with Crippen LogP contribution >= 0.6 is 0 Å². The lowest BCUT2D eigenvalue weighted by molar-refractivity contribution is -0.164. The van der Waals surface area contributed by atoms with Gasteiger partial charge in [-0.15, -0.1) is 0 Å². The number of amides is 1. The van der Waals surface area contributed by atoms with Gasteiger partial charge in [-0.2, -0.15) is 0 Å². The predicted molar refractivity (Wildman–Crippen MR) is 77.6 cm³/mol. The third-order valence-electron chi connectivity index (χ3n) is 4.59. The Hall–Kier alpha value is -1.46. The van der Waals surface area contributed by atoms with Gasteiger partial charge in [-0.25, -0.2) is 0 Å². The lowest BCUT2D eigenvalue weighted by Crippen LogP contribution is -2.65. The van der Waals surface area contributed by atoms with E-state index in [-0.39, 0.29) is 11.5 Å². The number of pyridine rings is 1. The Balaban J connectivity index is 1.42. The van der Waals surface area contributed by atoms with Crippen LogP contribution in [0.25, 0.3) is 0 Å². The number of rotatable bonds is 5. The first-order chi connectivity index (χ1) is 10.2. The standard InChI is InChI=1S/C16H22N2O3/c1-13(19)18-11-16(12-18)15(5-9-21-16)4-8-20-10-14-2-6-17-7-3-14/h2-3,6-7,15H,4-5,8-12H2,1H3/t15-/m1/s1. The first-order valence-electron chi connectivity index (χ1n) is 7.56. The molecule has 2 saturated heterocycles. The fraction of sp³-hybridized carbons (Fsp3) is 0.625. The number of hydrogen-bond donors (Lipinski definition) is 0. The van der Waals surface area contributed by atoms with Crippen molar-refractivity contribution in [3.05, 3.63) is 30.1 Å². The van der Waals surface area contributed by atoms with E-state index in [9.17, 15) is 4.79 Å². The Morgan fingerprint density at radius 3 is 2.95 bits per heavy atom. The molecule has 0 aliphatic carbocycles. The van der Waals surface area contributed by atoms with Crippen molar-refractivity contribution in [1.29, 1.82) is 0 Å². The fourth-order valence-electron chi connectivity index (χ4n) is 3.26. The third-order valence-corrected chi connectivity index (χ3v) is 4.59. The molecule has 114 valence electrons. The summed E-state index contributed by atoms with van der Waals surface area (Å²) in [5.74, 6) is 0.648. The highest BCUT2D eigenvalue weighted by Gasteiger charge is 2.53. The molecule has 2 aliphatic rings. The van der Waals surface area contributed by atoms with Crippen molar-refractivity contribution in [2.45, 2.75) is 32.0 Å². The summed E-state index contributed by atoms with van der Waals surface area (Å²) in [6.45, 7) is 5.28. The molecule has 0 radical (unpaired) electrons. The van der Waals surface area contributed by atoms with Crippen molar-refractivity contribution in [1.82, 2.24) is 9.88 Å². The lowest BCUT2D eigenvalue weighted by Gasteiger charge is -2.50. The molecule has 5 nitrogen and oxygen atoms in total. The molecule has 1 aromatic rings. The summed E-state index contributed by atoms with van der Waals surface area (Å²) in [4.78, 5) is 17.2. The van der Waals surface area contributed by atoms with Crippen molar-refractivity contribution in [3.63, 3.8) is 0 Å². The van der Waals surface area contributed by atoms with Crippen LogP contribution in [-0.2, 0) is 20.9 Å². The third kappa shape index (κ3) is 3.09. The summed E-state index contributed by atoms with van der Waals surface area (Å²) < 4.78 is 11.7. The Bertz CT molecular complexity index is 486. The van der Waals surface area contributed by atoms with Gasteiger partial charge in [0.2, 0.25) is 5.91 Å². The van der Waals surface area contributed by atoms with Crippen LogP contribution in [0.5, 0.6) is 0 Å². The Kier molecular flexibility index (Phi) is 4.22. The molecule has 2 aliphatic heterocycles. The van der Waals surface area contributed by atoms with Gasteiger partial charge in [0, 0.05) is 32.5 Å². The largest absolute Gasteiger partial charge is 0.377 e. The van der Waals surface area contributed by atoms with E-state index >= 15 is 0 Å². The molecule has 1 aromatic heterocycles. The molecule has 1 spiro atoms. The number of aromatic nitrogens is 1. The van der Waals surface area contributed by atoms with E-state index in [0.29, 0.717) is 12.5 Å². The summed E-state index contributed by atoms with van der Waals surface area (Å²) in [5, 5.41) is 0. The zero-order valence-electron chi connectivity index (χ0n) is 12.5. The smallest absolute Gasteiger partial charge is 0.219 e. The van der Waals surface area contributed by atoms with Crippen LogP contribution in [0, 0.1) is 5.92 Å². The molecule has 21 heavy (non-hydrogen) atoms. The minimum atomic E-state index is -0.0916. The first-order valence-corrected chi connectivity index (χ1v) is 7.56. The second-order valence-corrected chi connectivity index (χ2v) is 5.97. The fourth-order valence-corrected chi connectivity index (χ4v) is 3.26. The van der Waals surface area contributed by atoms with Gasteiger partial charge in [0.25, 0.3) is 0 Å². The zero-order chi connectivity index (χ0) is 14.7. The van der Waals surface area contributed by atoms with Crippen LogP contribution in [0.4, 0.5) is 0 Å². The Labute approximate surface area is 125 Å². The Morgan fingerprint density at radius 1 is 1.48 bits per heavy atom. The van der Waals surface area contributed by atoms with Crippen LogP contribution in [0.1, 0.15) is 25.3 Å². The zero-order valence-corrected chi connectivity index (χ0v) is 12.5. The number of hydrogen-bond acceptors (Lipinski definition) is 4. The second-order valence-electron chi connectivity index (χ2n) is 5.97. The molecule has 0 unspecified atom stereocenters. The van der Waals surface area contributed by atoms with Gasteiger partial charge in [-0.3, -0.25) is 9.78 Å². The summed E-state index contributed by atoms with van der Waals surface area (Å²) in [6, 6.07) is 3.94. The molecular formula is C16H22N2O3. The van der Waals surface area contributed by atoms with Gasteiger partial charge in [0.1, 0.15) is 5.60 Å². The number of nitrogens with zero attached hydrogens (tertiary/aromatic N) is 2. The van der Waals surface area contributed by atoms with Gasteiger partial charge < -0.3 is 14.4 Å². The van der Waals surface area contributed by atoms with Crippen LogP contribution in [0.2, 0.25) is 0 Å². The number of ether oxygens (including phenoxy) is 2. The predicted octanol–water partition coefficient (Wildman–Crippen LogP) is 1.63. The van der Waals surface area contributed by atoms with Crippen molar-refractivity contribution in [2.24, 2.45) is 5.92 Å². The SMILES string of the molecule is CC(=O)N1CC2(C1)OCC[C@H]2CCOCc1ccncc1. The molecular weight excluding hydrogens is 268 g/mol. The van der Waals surface area contributed by atoms with Crippen LogP contribution in [0.3, 0.4) is 0 Å². The van der Waals surface area contributed by atoms with E-state index in [1.807, 2.05) is 17.0 Å². The Morgan fingerprint density at radius 2 is 2.24 bits per heavy atom. The molecule has 1 amide bonds. The highest BCUT2D eigenvalue weighted by molar-refractivity contribution is 5.74. The summed E-state index contributed by atoms with van der Waals surface area (Å²) in [7, 11) is 0. The highest BCUT2D eigenvalue weighted by atomic mass is 16.5. The molecule has 5 heteroatoms. The maximum absolute atomic E-state index is 11.3. The van der Waals surface area contributed by atoms with E-state index in [1.165, 1.54) is 0 Å². The van der Waals surface area contributed by atoms with Crippen molar-refractivity contribution in [3.8, 4) is 0 Å². The first kappa shape index (κ1) is 14.5. The monoisotopic (exact) mass is 290 g/mol. The molecule has 0 N–H and O–H groups in total. The number of carbonyl (C=O) groups is 1. The molecule has 1 atom stereocenters. The summed E-state index contributed by atoms with van der Waals surface area (Å²) >= 11 is 0. The second kappa shape index (κ2) is 6.12. The van der Waals surface area contributed by atoms with Crippen LogP contribution in [-0.4, -0.2) is 47.7 Å². The van der Waals surface area contributed by atoms with Crippen LogP contribution < -0.4 is 0 Å². The van der Waals surface area contributed by atoms with Gasteiger partial charge in [0.05, 0.1) is 19.7 Å². The minimum Gasteiger partial charge on any atom is -0.377 e. The average molecular weight is 290 g/mol. The molecule has 2 fully saturated rings. The number of carbonyl (C=O) groups excluding carboxylic acids is 1. The molecule has 0 bridgehead atoms. The van der Waals surface area contributed by atoms with E-state index in [2.05, 4.69) is 4.98 Å². The highest BCUT2D eigenvalue weighted by Crippen LogP contribution is 2.41. The minimum absolute atomic E-state index is 0.0916. The maximum Gasteiger partial charge on any atom is 0.219 e. The van der Waals surface area contributed by atoms with Gasteiger partial charge in [-0.1, -0.05) is 0 Å². The van der Waals surface area contributed by atoms with E-state index < -0.39 is 0 Å². The molecule has 0 aromatic carbocycles. The lowest BCUT2D eigenvalue weighted by atomic mass is 9.79. The maximum atomic E-state index is 11.3. The summed E-state index contributed by atoms with van der Waals surface area (Å²) in [5.41, 5.74) is 1.06. The van der Waals surface area contributed by atoms with Crippen molar-refractivity contribution >= 4 is 5.91 Å². The van der Waals surface area contributed by atoms with E-state index in [1.54, 1.807) is 19.3 Å². The van der Waals surface area contributed by atoms with Gasteiger partial charge >= 0.3 is 0 Å². The normalized spacial score (nSPS) is 23.3. The topological polar surface area (TPSA) is 51.7 Å². The molecule has 3 rings (SSSR count). The van der Waals surface area contributed by atoms with Gasteiger partial charge in [0.15, 0.2) is 0 Å². The van der Waals surface area contributed by atoms with Gasteiger partial charge in [-0.05, 0) is 36.5 Å². The number of likely N-dealkylation sites (tertiary alicyclic amines) is 1. The molecule has 3 heterocycles. The van der Waals surface area contributed by atoms with Crippen molar-refractivity contribution in [2.75, 3.05) is 26.3 Å².